The second kappa shape index (κ2) is 3.89. The van der Waals surface area contributed by atoms with Crippen molar-refractivity contribution in [1.29, 1.82) is 0 Å². The van der Waals surface area contributed by atoms with Crippen LogP contribution in [0.3, 0.4) is 0 Å². The van der Waals surface area contributed by atoms with E-state index >= 15 is 0 Å². The van der Waals surface area contributed by atoms with E-state index in [-0.39, 0.29) is 6.04 Å². The smallest absolute Gasteiger partial charge is 0.172 e. The second-order valence-electron chi connectivity index (χ2n) is 3.23. The first kappa shape index (κ1) is 9.36. The molecule has 1 unspecified atom stereocenters. The zero-order valence-electron chi connectivity index (χ0n) is 7.90. The lowest BCUT2D eigenvalue weighted by atomic mass is 10.3. The number of nitrogens with zero attached hydrogens (tertiary/aromatic N) is 2. The van der Waals surface area contributed by atoms with Crippen LogP contribution in [-0.4, -0.2) is 22.6 Å². The minimum atomic E-state index is 0.128. The molecule has 0 aliphatic rings. The number of hydrogen-bond donors (Lipinski definition) is 2. The summed E-state index contributed by atoms with van der Waals surface area (Å²) >= 11 is 1.59. The Morgan fingerprint density at radius 2 is 2.43 bits per heavy atom. The number of hydrogen-bond acceptors (Lipinski definition) is 5. The maximum Gasteiger partial charge on any atom is 0.172 e. The van der Waals surface area contributed by atoms with Crippen molar-refractivity contribution in [2.45, 2.75) is 13.0 Å². The van der Waals surface area contributed by atoms with Gasteiger partial charge in [-0.3, -0.25) is 0 Å². The zero-order valence-corrected chi connectivity index (χ0v) is 8.71. The topological polar surface area (TPSA) is 63.8 Å². The Labute approximate surface area is 86.2 Å². The molecule has 2 aromatic rings. The monoisotopic (exact) mass is 208 g/mol. The highest BCUT2D eigenvalue weighted by atomic mass is 32.1. The van der Waals surface area contributed by atoms with Crippen molar-refractivity contribution in [3.63, 3.8) is 0 Å². The minimum absolute atomic E-state index is 0.128. The fraction of sp³-hybridized carbons (Fsp3) is 0.333. The van der Waals surface area contributed by atoms with Gasteiger partial charge >= 0.3 is 0 Å². The highest BCUT2D eigenvalue weighted by Crippen LogP contribution is 2.17. The second-order valence-corrected chi connectivity index (χ2v) is 4.12. The number of nitrogens with two attached hydrogens (primary N) is 1. The maximum atomic E-state index is 5.63. The minimum Gasteiger partial charge on any atom is -0.368 e. The van der Waals surface area contributed by atoms with Gasteiger partial charge in [-0.05, 0) is 19.1 Å². The van der Waals surface area contributed by atoms with Crippen molar-refractivity contribution >= 4 is 27.5 Å². The summed E-state index contributed by atoms with van der Waals surface area (Å²) < 4.78 is 1.11. The summed E-state index contributed by atoms with van der Waals surface area (Å²) in [5.41, 5.74) is 8.22. The molecule has 3 N–H and O–H groups in total. The van der Waals surface area contributed by atoms with Gasteiger partial charge in [0, 0.05) is 12.6 Å². The molecule has 0 aliphatic carbocycles. The van der Waals surface area contributed by atoms with Crippen LogP contribution in [-0.2, 0) is 0 Å². The van der Waals surface area contributed by atoms with Gasteiger partial charge in [0.25, 0.3) is 0 Å². The molecule has 1 atom stereocenters. The number of anilines is 1. The van der Waals surface area contributed by atoms with Gasteiger partial charge in [-0.15, -0.1) is 11.3 Å². The molecule has 0 spiro atoms. The van der Waals surface area contributed by atoms with Crippen molar-refractivity contribution in [3.05, 3.63) is 17.6 Å². The zero-order chi connectivity index (χ0) is 9.97. The van der Waals surface area contributed by atoms with Crippen molar-refractivity contribution in [1.82, 2.24) is 9.97 Å². The first-order valence-electron chi connectivity index (χ1n) is 4.45. The molecule has 0 aromatic carbocycles. The maximum absolute atomic E-state index is 5.63. The molecule has 0 saturated carbocycles. The van der Waals surface area contributed by atoms with Gasteiger partial charge < -0.3 is 11.1 Å². The van der Waals surface area contributed by atoms with Crippen LogP contribution in [0.25, 0.3) is 10.3 Å². The largest absolute Gasteiger partial charge is 0.368 e. The molecule has 2 heterocycles. The SMILES string of the molecule is CC(N)CNc1ccc2scnc2n1. The fourth-order valence-corrected chi connectivity index (χ4v) is 1.73. The van der Waals surface area contributed by atoms with Crippen molar-refractivity contribution < 1.29 is 0 Å². The van der Waals surface area contributed by atoms with E-state index in [4.69, 9.17) is 5.73 Å². The number of nitrogens with one attached hydrogen (secondary N) is 1. The summed E-state index contributed by atoms with van der Waals surface area (Å²) in [7, 11) is 0. The third kappa shape index (κ3) is 2.00. The van der Waals surface area contributed by atoms with Crippen LogP contribution >= 0.6 is 11.3 Å². The standard InChI is InChI=1S/C9H12N4S/c1-6(10)4-11-8-3-2-7-9(13-8)12-5-14-7/h2-3,5-6H,4,10H2,1H3,(H,11,13). The van der Waals surface area contributed by atoms with Crippen LogP contribution < -0.4 is 11.1 Å². The molecule has 0 bridgehead atoms. The molecular weight excluding hydrogens is 196 g/mol. The molecule has 0 fully saturated rings. The molecule has 2 rings (SSSR count). The quantitative estimate of drug-likeness (QED) is 0.801. The lowest BCUT2D eigenvalue weighted by Gasteiger charge is -2.07. The Bertz CT molecular complexity index is 423. The van der Waals surface area contributed by atoms with Crippen molar-refractivity contribution in [3.8, 4) is 0 Å². The summed E-state index contributed by atoms with van der Waals surface area (Å²) in [5, 5.41) is 3.15. The average molecular weight is 208 g/mol. The number of aromatic nitrogens is 2. The first-order chi connectivity index (χ1) is 6.75. The summed E-state index contributed by atoms with van der Waals surface area (Å²) in [6.07, 6.45) is 0. The predicted molar refractivity (Wildman–Crippen MR) is 59.6 cm³/mol. The van der Waals surface area contributed by atoms with Gasteiger partial charge in [-0.1, -0.05) is 0 Å². The number of thiazole rings is 1. The average Bonchev–Trinajstić information content (AvgIpc) is 2.61. The molecule has 74 valence electrons. The van der Waals surface area contributed by atoms with E-state index in [0.717, 1.165) is 22.7 Å². The highest BCUT2D eigenvalue weighted by Gasteiger charge is 2.00. The van der Waals surface area contributed by atoms with E-state index in [9.17, 15) is 0 Å². The van der Waals surface area contributed by atoms with E-state index in [0.29, 0.717) is 0 Å². The van der Waals surface area contributed by atoms with E-state index < -0.39 is 0 Å². The number of fused-ring (bicyclic) bond motifs is 1. The van der Waals surface area contributed by atoms with E-state index in [2.05, 4.69) is 15.3 Å². The fourth-order valence-electron chi connectivity index (χ4n) is 1.12. The van der Waals surface area contributed by atoms with Crippen LogP contribution in [0.4, 0.5) is 5.82 Å². The molecule has 2 aromatic heterocycles. The molecule has 5 heteroatoms. The van der Waals surface area contributed by atoms with Gasteiger partial charge in [0.1, 0.15) is 5.82 Å². The van der Waals surface area contributed by atoms with Gasteiger partial charge in [-0.2, -0.15) is 0 Å². The summed E-state index contributed by atoms with van der Waals surface area (Å²) in [6.45, 7) is 2.68. The summed E-state index contributed by atoms with van der Waals surface area (Å²) in [5.74, 6) is 0.834. The van der Waals surface area contributed by atoms with E-state index in [1.165, 1.54) is 0 Å². The molecule has 0 radical (unpaired) electrons. The summed E-state index contributed by atoms with van der Waals surface area (Å²) in [4.78, 5) is 8.48. The lowest BCUT2D eigenvalue weighted by Crippen LogP contribution is -2.25. The number of rotatable bonds is 3. The Morgan fingerprint density at radius 3 is 3.21 bits per heavy atom. The molecule has 4 nitrogen and oxygen atoms in total. The van der Waals surface area contributed by atoms with E-state index in [1.54, 1.807) is 16.8 Å². The molecule has 0 saturated heterocycles. The van der Waals surface area contributed by atoms with Gasteiger partial charge in [0.2, 0.25) is 0 Å². The Kier molecular flexibility index (Phi) is 2.60. The van der Waals surface area contributed by atoms with Crippen molar-refractivity contribution in [2.24, 2.45) is 5.73 Å². The van der Waals surface area contributed by atoms with Crippen LogP contribution in [0.5, 0.6) is 0 Å². The molecule has 0 amide bonds. The van der Waals surface area contributed by atoms with Gasteiger partial charge in [0.15, 0.2) is 5.65 Å². The molecular formula is C9H12N4S. The Balaban J connectivity index is 2.17. The first-order valence-corrected chi connectivity index (χ1v) is 5.33. The summed E-state index contributed by atoms with van der Waals surface area (Å²) in [6, 6.07) is 4.09. The number of pyridine rings is 1. The molecule has 0 aliphatic heterocycles. The van der Waals surface area contributed by atoms with E-state index in [1.807, 2.05) is 19.1 Å². The molecule has 14 heavy (non-hydrogen) atoms. The Hall–Kier alpha value is -1.20. The van der Waals surface area contributed by atoms with Crippen LogP contribution in [0, 0.1) is 0 Å². The van der Waals surface area contributed by atoms with Gasteiger partial charge in [0.05, 0.1) is 10.2 Å². The Morgan fingerprint density at radius 1 is 1.57 bits per heavy atom. The van der Waals surface area contributed by atoms with Crippen molar-refractivity contribution in [2.75, 3.05) is 11.9 Å². The van der Waals surface area contributed by atoms with Crippen LogP contribution in [0.15, 0.2) is 17.6 Å². The van der Waals surface area contributed by atoms with Crippen LogP contribution in [0.1, 0.15) is 6.92 Å². The highest BCUT2D eigenvalue weighted by molar-refractivity contribution is 7.16. The normalized spacial score (nSPS) is 13.0. The predicted octanol–water partition coefficient (Wildman–Crippen LogP) is 1.45. The van der Waals surface area contributed by atoms with Crippen LogP contribution in [0.2, 0.25) is 0 Å². The lowest BCUT2D eigenvalue weighted by molar-refractivity contribution is 0.778. The van der Waals surface area contributed by atoms with Gasteiger partial charge in [-0.25, -0.2) is 9.97 Å². The third-order valence-electron chi connectivity index (χ3n) is 1.80. The third-order valence-corrected chi connectivity index (χ3v) is 2.58.